The highest BCUT2D eigenvalue weighted by Crippen LogP contribution is 2.26. The fraction of sp³-hybridized carbons (Fsp3) is 0.333. The van der Waals surface area contributed by atoms with Gasteiger partial charge in [-0.1, -0.05) is 44.0 Å². The SMILES string of the molecule is CCCCCN=C(NC#N)Nc1cccc(/C(=C\CCCC(=O)O)c2cccnc2)c1. The lowest BCUT2D eigenvalue weighted by atomic mass is 9.97. The lowest BCUT2D eigenvalue weighted by Gasteiger charge is -2.12. The summed E-state index contributed by atoms with van der Waals surface area (Å²) >= 11 is 0. The van der Waals surface area contributed by atoms with E-state index in [2.05, 4.69) is 27.5 Å². The number of nitrogens with zero attached hydrogens (tertiary/aromatic N) is 3. The number of hydrogen-bond donors (Lipinski definition) is 3. The largest absolute Gasteiger partial charge is 0.481 e. The topological polar surface area (TPSA) is 110 Å². The lowest BCUT2D eigenvalue weighted by Crippen LogP contribution is -2.27. The van der Waals surface area contributed by atoms with Gasteiger partial charge in [-0.2, -0.15) is 5.26 Å². The molecule has 0 saturated carbocycles. The molecule has 0 saturated heterocycles. The van der Waals surface area contributed by atoms with E-state index in [9.17, 15) is 4.79 Å². The van der Waals surface area contributed by atoms with Crippen molar-refractivity contribution in [3.8, 4) is 6.19 Å². The number of nitrogens with one attached hydrogen (secondary N) is 2. The summed E-state index contributed by atoms with van der Waals surface area (Å²) in [7, 11) is 0. The number of rotatable bonds is 11. The van der Waals surface area contributed by atoms with Crippen LogP contribution < -0.4 is 10.6 Å². The zero-order valence-electron chi connectivity index (χ0n) is 17.8. The highest BCUT2D eigenvalue weighted by Gasteiger charge is 2.08. The maximum atomic E-state index is 10.8. The molecular weight excluding hydrogens is 390 g/mol. The Hall–Kier alpha value is -3.66. The summed E-state index contributed by atoms with van der Waals surface area (Å²) in [5.74, 6) is -0.373. The predicted molar refractivity (Wildman–Crippen MR) is 123 cm³/mol. The van der Waals surface area contributed by atoms with E-state index in [0.29, 0.717) is 25.3 Å². The van der Waals surface area contributed by atoms with Gasteiger partial charge >= 0.3 is 5.97 Å². The second kappa shape index (κ2) is 13.5. The Morgan fingerprint density at radius 1 is 1.23 bits per heavy atom. The Kier molecular flexibility index (Phi) is 10.3. The van der Waals surface area contributed by atoms with E-state index in [-0.39, 0.29) is 6.42 Å². The second-order valence-electron chi connectivity index (χ2n) is 7.03. The summed E-state index contributed by atoms with van der Waals surface area (Å²) in [5, 5.41) is 23.7. The quantitative estimate of drug-likeness (QED) is 0.159. The highest BCUT2D eigenvalue weighted by atomic mass is 16.4. The van der Waals surface area contributed by atoms with Crippen LogP contribution in [0.15, 0.2) is 59.9 Å². The van der Waals surface area contributed by atoms with Crippen LogP contribution in [0.4, 0.5) is 5.69 Å². The van der Waals surface area contributed by atoms with E-state index in [1.165, 1.54) is 0 Å². The minimum absolute atomic E-state index is 0.135. The number of carbonyl (C=O) groups is 1. The van der Waals surface area contributed by atoms with Gasteiger partial charge in [0.05, 0.1) is 0 Å². The van der Waals surface area contributed by atoms with Gasteiger partial charge in [0.1, 0.15) is 0 Å². The molecule has 162 valence electrons. The monoisotopic (exact) mass is 419 g/mol. The molecule has 1 aromatic carbocycles. The summed E-state index contributed by atoms with van der Waals surface area (Å²) in [6.45, 7) is 2.78. The van der Waals surface area contributed by atoms with Gasteiger partial charge < -0.3 is 10.4 Å². The molecule has 2 rings (SSSR count). The first-order chi connectivity index (χ1) is 15.1. The average molecular weight is 420 g/mol. The minimum atomic E-state index is -0.793. The number of allylic oxidation sites excluding steroid dienone is 1. The molecule has 0 bridgehead atoms. The van der Waals surface area contributed by atoms with Crippen molar-refractivity contribution in [1.82, 2.24) is 10.3 Å². The molecule has 1 heterocycles. The fourth-order valence-corrected chi connectivity index (χ4v) is 3.04. The zero-order valence-corrected chi connectivity index (χ0v) is 17.8. The Bertz CT molecular complexity index is 932. The van der Waals surface area contributed by atoms with E-state index < -0.39 is 5.97 Å². The molecule has 0 aliphatic rings. The van der Waals surface area contributed by atoms with Crippen LogP contribution in [-0.2, 0) is 4.79 Å². The number of aliphatic carboxylic acids is 1. The maximum absolute atomic E-state index is 10.8. The summed E-state index contributed by atoms with van der Waals surface area (Å²) in [4.78, 5) is 19.5. The molecule has 31 heavy (non-hydrogen) atoms. The van der Waals surface area contributed by atoms with Crippen molar-refractivity contribution in [3.63, 3.8) is 0 Å². The number of carboxylic acids is 1. The van der Waals surface area contributed by atoms with Crippen LogP contribution in [0, 0.1) is 11.5 Å². The lowest BCUT2D eigenvalue weighted by molar-refractivity contribution is -0.137. The minimum Gasteiger partial charge on any atom is -0.481 e. The number of guanidine groups is 1. The van der Waals surface area contributed by atoms with Crippen molar-refractivity contribution in [2.24, 2.45) is 4.99 Å². The third kappa shape index (κ3) is 8.70. The highest BCUT2D eigenvalue weighted by molar-refractivity contribution is 5.95. The van der Waals surface area contributed by atoms with E-state index in [4.69, 9.17) is 10.4 Å². The third-order valence-electron chi connectivity index (χ3n) is 4.56. The van der Waals surface area contributed by atoms with E-state index >= 15 is 0 Å². The number of hydrogen-bond acceptors (Lipinski definition) is 4. The molecule has 0 unspecified atom stereocenters. The average Bonchev–Trinajstić information content (AvgIpc) is 2.77. The van der Waals surface area contributed by atoms with Gasteiger partial charge in [-0.05, 0) is 48.6 Å². The van der Waals surface area contributed by atoms with Crippen molar-refractivity contribution in [1.29, 1.82) is 5.26 Å². The smallest absolute Gasteiger partial charge is 0.303 e. The van der Waals surface area contributed by atoms with E-state index in [1.807, 2.05) is 48.7 Å². The van der Waals surface area contributed by atoms with Crippen LogP contribution in [0.1, 0.15) is 56.6 Å². The first-order valence-corrected chi connectivity index (χ1v) is 10.5. The number of carboxylic acid groups (broad SMARTS) is 1. The summed E-state index contributed by atoms with van der Waals surface area (Å²) < 4.78 is 0. The van der Waals surface area contributed by atoms with Crippen LogP contribution in [0.2, 0.25) is 0 Å². The number of unbranched alkanes of at least 4 members (excludes halogenated alkanes) is 3. The first-order valence-electron chi connectivity index (χ1n) is 10.5. The van der Waals surface area contributed by atoms with Crippen molar-refractivity contribution in [2.45, 2.75) is 45.4 Å². The molecule has 2 aromatic rings. The molecule has 1 aromatic heterocycles. The van der Waals surface area contributed by atoms with Gasteiger partial charge in [-0.3, -0.25) is 20.1 Å². The van der Waals surface area contributed by atoms with Crippen molar-refractivity contribution >= 4 is 23.2 Å². The van der Waals surface area contributed by atoms with Crippen LogP contribution in [-0.4, -0.2) is 28.6 Å². The normalized spacial score (nSPS) is 11.6. The van der Waals surface area contributed by atoms with Crippen LogP contribution in [0.5, 0.6) is 0 Å². The van der Waals surface area contributed by atoms with Crippen molar-refractivity contribution in [3.05, 3.63) is 66.0 Å². The van der Waals surface area contributed by atoms with Gasteiger partial charge in [-0.25, -0.2) is 0 Å². The number of aromatic nitrogens is 1. The second-order valence-corrected chi connectivity index (χ2v) is 7.03. The molecule has 0 aliphatic carbocycles. The molecule has 0 radical (unpaired) electrons. The van der Waals surface area contributed by atoms with Crippen LogP contribution in [0.3, 0.4) is 0 Å². The maximum Gasteiger partial charge on any atom is 0.303 e. The Morgan fingerprint density at radius 3 is 2.77 bits per heavy atom. The Balaban J connectivity index is 2.24. The number of benzene rings is 1. The number of pyridine rings is 1. The van der Waals surface area contributed by atoms with Gasteiger partial charge in [0.2, 0.25) is 5.96 Å². The fourth-order valence-electron chi connectivity index (χ4n) is 3.04. The molecule has 0 atom stereocenters. The molecular formula is C24H29N5O2. The molecule has 7 heteroatoms. The van der Waals surface area contributed by atoms with Gasteiger partial charge in [0, 0.05) is 36.6 Å². The van der Waals surface area contributed by atoms with Crippen LogP contribution >= 0.6 is 0 Å². The number of aliphatic imine (C=N–C) groups is 1. The third-order valence-corrected chi connectivity index (χ3v) is 4.56. The Labute approximate surface area is 183 Å². The molecule has 0 amide bonds. The van der Waals surface area contributed by atoms with Crippen LogP contribution in [0.25, 0.3) is 5.57 Å². The summed E-state index contributed by atoms with van der Waals surface area (Å²) in [6.07, 6.45) is 12.0. The van der Waals surface area contributed by atoms with E-state index in [0.717, 1.165) is 41.6 Å². The molecule has 7 nitrogen and oxygen atoms in total. The Morgan fingerprint density at radius 2 is 2.06 bits per heavy atom. The molecule has 0 aliphatic heterocycles. The predicted octanol–water partition coefficient (Wildman–Crippen LogP) is 4.80. The molecule has 3 N–H and O–H groups in total. The standard InChI is InChI=1S/C24H29N5O2/c1-2-3-6-15-27-24(28-18-25)29-21-11-7-9-19(16-21)22(12-4-5-13-23(30)31)20-10-8-14-26-17-20/h7-12,14,16-17H,2-6,13,15H2,1H3,(H,30,31)(H2,27,28,29)/b22-12+. The summed E-state index contributed by atoms with van der Waals surface area (Å²) in [5.41, 5.74) is 3.71. The molecule has 0 spiro atoms. The molecule has 0 fully saturated rings. The van der Waals surface area contributed by atoms with Gasteiger partial charge in [0.25, 0.3) is 0 Å². The van der Waals surface area contributed by atoms with E-state index in [1.54, 1.807) is 12.4 Å². The number of anilines is 1. The summed E-state index contributed by atoms with van der Waals surface area (Å²) in [6, 6.07) is 11.7. The zero-order chi connectivity index (χ0) is 22.3. The first kappa shape index (κ1) is 23.6. The van der Waals surface area contributed by atoms with Gasteiger partial charge in [0.15, 0.2) is 6.19 Å². The number of nitriles is 1. The van der Waals surface area contributed by atoms with Crippen molar-refractivity contribution in [2.75, 3.05) is 11.9 Å². The van der Waals surface area contributed by atoms with Gasteiger partial charge in [-0.15, -0.1) is 0 Å². The van der Waals surface area contributed by atoms with Crippen molar-refractivity contribution < 1.29 is 9.90 Å².